The monoisotopic (exact) mass is 236 g/mol. The van der Waals surface area contributed by atoms with Crippen molar-refractivity contribution in [1.82, 2.24) is 4.90 Å². The Bertz CT molecular complexity index is 286. The summed E-state index contributed by atoms with van der Waals surface area (Å²) in [7, 11) is 0. The van der Waals surface area contributed by atoms with Crippen molar-refractivity contribution in [2.45, 2.75) is 57.0 Å². The predicted molar refractivity (Wildman–Crippen MR) is 67.4 cm³/mol. The Morgan fingerprint density at radius 3 is 3.00 bits per heavy atom. The Balaban J connectivity index is 1.75. The molecule has 17 heavy (non-hydrogen) atoms. The van der Waals surface area contributed by atoms with E-state index in [-0.39, 0.29) is 5.60 Å². The molecular formula is C14H24N2O. The Hall–Kier alpha value is -0.590. The molecule has 0 bridgehead atoms. The van der Waals surface area contributed by atoms with Gasteiger partial charge >= 0.3 is 0 Å². The van der Waals surface area contributed by atoms with Gasteiger partial charge in [0.2, 0.25) is 0 Å². The highest BCUT2D eigenvalue weighted by Gasteiger charge is 2.42. The third-order valence-corrected chi connectivity index (χ3v) is 4.52. The summed E-state index contributed by atoms with van der Waals surface area (Å²) in [6.07, 6.45) is 8.48. The average molecular weight is 236 g/mol. The van der Waals surface area contributed by atoms with Crippen molar-refractivity contribution >= 4 is 0 Å². The molecule has 2 rings (SSSR count). The van der Waals surface area contributed by atoms with E-state index in [1.807, 2.05) is 0 Å². The van der Waals surface area contributed by atoms with E-state index >= 15 is 0 Å². The van der Waals surface area contributed by atoms with Crippen LogP contribution in [-0.2, 0) is 0 Å². The topological polar surface area (TPSA) is 47.3 Å². The number of nitrogens with zero attached hydrogens (tertiary/aromatic N) is 2. The van der Waals surface area contributed by atoms with E-state index in [1.54, 1.807) is 0 Å². The molecule has 3 heteroatoms. The highest BCUT2D eigenvalue weighted by atomic mass is 16.3. The van der Waals surface area contributed by atoms with E-state index in [0.717, 1.165) is 45.3 Å². The SMILES string of the molecule is N#CCCCCN1CCC2(O)CCCCC2C1. The van der Waals surface area contributed by atoms with Crippen molar-refractivity contribution < 1.29 is 5.11 Å². The number of unbranched alkanes of at least 4 members (excludes halogenated alkanes) is 2. The van der Waals surface area contributed by atoms with E-state index in [0.29, 0.717) is 12.3 Å². The van der Waals surface area contributed by atoms with Crippen LogP contribution in [0.2, 0.25) is 0 Å². The minimum atomic E-state index is -0.346. The van der Waals surface area contributed by atoms with Gasteiger partial charge in [0.05, 0.1) is 11.7 Å². The van der Waals surface area contributed by atoms with Crippen LogP contribution in [0.1, 0.15) is 51.4 Å². The molecule has 1 saturated carbocycles. The van der Waals surface area contributed by atoms with Crippen LogP contribution in [0, 0.1) is 17.2 Å². The van der Waals surface area contributed by atoms with Gasteiger partial charge in [-0.2, -0.15) is 5.26 Å². The summed E-state index contributed by atoms with van der Waals surface area (Å²) in [5, 5.41) is 19.0. The lowest BCUT2D eigenvalue weighted by Gasteiger charge is -2.47. The van der Waals surface area contributed by atoms with Gasteiger partial charge in [-0.15, -0.1) is 0 Å². The van der Waals surface area contributed by atoms with Crippen LogP contribution in [0.3, 0.4) is 0 Å². The number of aliphatic hydroxyl groups is 1. The molecule has 3 nitrogen and oxygen atoms in total. The number of nitriles is 1. The summed E-state index contributed by atoms with van der Waals surface area (Å²) >= 11 is 0. The molecule has 2 fully saturated rings. The first kappa shape index (κ1) is 12.9. The van der Waals surface area contributed by atoms with Crippen LogP contribution in [-0.4, -0.2) is 35.2 Å². The predicted octanol–water partition coefficient (Wildman–Crippen LogP) is 2.31. The molecule has 0 spiro atoms. The smallest absolute Gasteiger partial charge is 0.0700 e. The largest absolute Gasteiger partial charge is 0.390 e. The normalized spacial score (nSPS) is 34.0. The maximum Gasteiger partial charge on any atom is 0.0700 e. The van der Waals surface area contributed by atoms with Crippen molar-refractivity contribution in [3.63, 3.8) is 0 Å². The van der Waals surface area contributed by atoms with Crippen molar-refractivity contribution in [1.29, 1.82) is 5.26 Å². The van der Waals surface area contributed by atoms with Gasteiger partial charge < -0.3 is 10.0 Å². The molecule has 2 atom stereocenters. The first-order valence-electron chi connectivity index (χ1n) is 7.06. The van der Waals surface area contributed by atoms with Gasteiger partial charge in [-0.3, -0.25) is 0 Å². The lowest BCUT2D eigenvalue weighted by Crippen LogP contribution is -2.53. The van der Waals surface area contributed by atoms with Gasteiger partial charge in [0.15, 0.2) is 0 Å². The molecule has 1 aliphatic heterocycles. The lowest BCUT2D eigenvalue weighted by molar-refractivity contribution is -0.0953. The van der Waals surface area contributed by atoms with E-state index in [1.165, 1.54) is 19.3 Å². The number of piperidine rings is 1. The number of rotatable bonds is 4. The first-order chi connectivity index (χ1) is 8.24. The molecule has 0 aromatic rings. The molecule has 2 aliphatic rings. The van der Waals surface area contributed by atoms with Gasteiger partial charge in [-0.1, -0.05) is 12.8 Å². The fourth-order valence-electron chi connectivity index (χ4n) is 3.38. The summed E-state index contributed by atoms with van der Waals surface area (Å²) in [4.78, 5) is 2.49. The summed E-state index contributed by atoms with van der Waals surface area (Å²) in [6, 6.07) is 2.20. The molecule has 0 aromatic heterocycles. The van der Waals surface area contributed by atoms with Gasteiger partial charge in [0.1, 0.15) is 0 Å². The third-order valence-electron chi connectivity index (χ3n) is 4.52. The lowest BCUT2D eigenvalue weighted by atomic mass is 9.71. The summed E-state index contributed by atoms with van der Waals surface area (Å²) in [5.41, 5.74) is -0.346. The van der Waals surface area contributed by atoms with Crippen LogP contribution in [0.5, 0.6) is 0 Å². The molecule has 0 amide bonds. The summed E-state index contributed by atoms with van der Waals surface area (Å²) in [6.45, 7) is 3.22. The van der Waals surface area contributed by atoms with E-state index < -0.39 is 0 Å². The van der Waals surface area contributed by atoms with Gasteiger partial charge in [0, 0.05) is 25.4 Å². The zero-order valence-electron chi connectivity index (χ0n) is 10.7. The number of fused-ring (bicyclic) bond motifs is 1. The minimum absolute atomic E-state index is 0.346. The fourth-order valence-corrected chi connectivity index (χ4v) is 3.38. The Labute approximate surface area is 104 Å². The average Bonchev–Trinajstić information content (AvgIpc) is 2.34. The standard InChI is InChI=1S/C14H24N2O/c15-9-4-1-5-10-16-11-8-14(17)7-3-2-6-13(14)12-16/h13,17H,1-8,10-12H2. The maximum atomic E-state index is 10.5. The van der Waals surface area contributed by atoms with Crippen LogP contribution < -0.4 is 0 Å². The molecule has 1 heterocycles. The second kappa shape index (κ2) is 5.84. The summed E-state index contributed by atoms with van der Waals surface area (Å²) in [5.74, 6) is 0.501. The van der Waals surface area contributed by atoms with Crippen molar-refractivity contribution in [3.05, 3.63) is 0 Å². The van der Waals surface area contributed by atoms with Gasteiger partial charge in [-0.25, -0.2) is 0 Å². The Kier molecular flexibility index (Phi) is 4.42. The number of hydrogen-bond acceptors (Lipinski definition) is 3. The second-order valence-electron chi connectivity index (χ2n) is 5.71. The van der Waals surface area contributed by atoms with E-state index in [4.69, 9.17) is 5.26 Å². The third kappa shape index (κ3) is 3.20. The molecule has 0 aromatic carbocycles. The molecule has 1 saturated heterocycles. The van der Waals surface area contributed by atoms with Crippen molar-refractivity contribution in [2.24, 2.45) is 5.92 Å². The molecular weight excluding hydrogens is 212 g/mol. The van der Waals surface area contributed by atoms with Gasteiger partial charge in [0.25, 0.3) is 0 Å². The zero-order valence-corrected chi connectivity index (χ0v) is 10.7. The van der Waals surface area contributed by atoms with Gasteiger partial charge in [-0.05, 0) is 38.6 Å². The Morgan fingerprint density at radius 1 is 1.29 bits per heavy atom. The zero-order chi connectivity index (χ0) is 12.1. The molecule has 0 radical (unpaired) electrons. The molecule has 96 valence electrons. The highest BCUT2D eigenvalue weighted by molar-refractivity contribution is 4.95. The first-order valence-corrected chi connectivity index (χ1v) is 7.06. The van der Waals surface area contributed by atoms with Crippen LogP contribution in [0.4, 0.5) is 0 Å². The van der Waals surface area contributed by atoms with E-state index in [9.17, 15) is 5.11 Å². The molecule has 1 N–H and O–H groups in total. The fraction of sp³-hybridized carbons (Fsp3) is 0.929. The second-order valence-corrected chi connectivity index (χ2v) is 5.71. The molecule has 2 unspecified atom stereocenters. The Morgan fingerprint density at radius 2 is 2.18 bits per heavy atom. The van der Waals surface area contributed by atoms with E-state index in [2.05, 4.69) is 11.0 Å². The van der Waals surface area contributed by atoms with Crippen molar-refractivity contribution in [3.8, 4) is 6.07 Å². The van der Waals surface area contributed by atoms with Crippen LogP contribution >= 0.6 is 0 Å². The van der Waals surface area contributed by atoms with Crippen molar-refractivity contribution in [2.75, 3.05) is 19.6 Å². The summed E-state index contributed by atoms with van der Waals surface area (Å²) < 4.78 is 0. The quantitative estimate of drug-likeness (QED) is 0.762. The number of likely N-dealkylation sites (tertiary alicyclic amines) is 1. The van der Waals surface area contributed by atoms with Crippen LogP contribution in [0.15, 0.2) is 0 Å². The molecule has 1 aliphatic carbocycles. The highest BCUT2D eigenvalue weighted by Crippen LogP contribution is 2.39. The number of hydrogen-bond donors (Lipinski definition) is 1. The minimum Gasteiger partial charge on any atom is -0.390 e. The van der Waals surface area contributed by atoms with Crippen LogP contribution in [0.25, 0.3) is 0 Å². The maximum absolute atomic E-state index is 10.5.